The largest absolute Gasteiger partial charge is 0.460 e. The highest BCUT2D eigenvalue weighted by atomic mass is 19.3. The monoisotopic (exact) mass is 230 g/mol. The molecule has 1 saturated carbocycles. The van der Waals surface area contributed by atoms with Crippen molar-refractivity contribution >= 4 is 0 Å². The molecule has 0 N–H and O–H groups in total. The molecule has 0 aliphatic heterocycles. The summed E-state index contributed by atoms with van der Waals surface area (Å²) < 4.78 is 30.0. The molecule has 1 heterocycles. The van der Waals surface area contributed by atoms with Crippen molar-refractivity contribution in [2.75, 3.05) is 0 Å². The van der Waals surface area contributed by atoms with Crippen molar-refractivity contribution in [1.29, 1.82) is 0 Å². The van der Waals surface area contributed by atoms with Crippen LogP contribution < -0.4 is 4.74 Å². The fraction of sp³-hybridized carbons (Fsp3) is 0.636. The highest BCUT2D eigenvalue weighted by molar-refractivity contribution is 5.05. The highest BCUT2D eigenvalue weighted by Gasteiger charge is 2.47. The van der Waals surface area contributed by atoms with E-state index in [9.17, 15) is 8.78 Å². The van der Waals surface area contributed by atoms with Crippen LogP contribution in [-0.2, 0) is 0 Å². The summed E-state index contributed by atoms with van der Waals surface area (Å²) in [6, 6.07) is 0.177. The average Bonchev–Trinajstić information content (AvgIpc) is 2.22. The number of hydrogen-bond acceptors (Lipinski definition) is 3. The molecule has 0 spiro atoms. The van der Waals surface area contributed by atoms with Crippen molar-refractivity contribution in [3.63, 3.8) is 0 Å². The number of hydrogen-bond donors (Lipinski definition) is 0. The first-order valence-electron chi connectivity index (χ1n) is 5.38. The number of ether oxygens (including phenoxy) is 1. The van der Waals surface area contributed by atoms with Crippen LogP contribution in [0, 0.1) is 6.92 Å². The molecule has 0 amide bonds. The van der Waals surface area contributed by atoms with Gasteiger partial charge in [-0.25, -0.2) is 18.7 Å². The fourth-order valence-corrected chi connectivity index (χ4v) is 1.28. The van der Waals surface area contributed by atoms with Crippen molar-refractivity contribution < 1.29 is 13.5 Å². The van der Waals surface area contributed by atoms with Crippen LogP contribution in [0.5, 0.6) is 6.01 Å². The predicted octanol–water partition coefficient (Wildman–Crippen LogP) is 2.99. The Morgan fingerprint density at radius 2 is 1.75 bits per heavy atom. The lowest BCUT2D eigenvalue weighted by Gasteiger charge is -2.33. The number of halogens is 2. The lowest BCUT2D eigenvalue weighted by molar-refractivity contribution is -0.136. The van der Waals surface area contributed by atoms with Gasteiger partial charge in [0.2, 0.25) is 0 Å². The van der Waals surface area contributed by atoms with E-state index in [4.69, 9.17) is 4.74 Å². The van der Waals surface area contributed by atoms with Gasteiger partial charge in [0.1, 0.15) is 6.10 Å². The van der Waals surface area contributed by atoms with Crippen LogP contribution in [0.3, 0.4) is 0 Å². The van der Waals surface area contributed by atoms with Gasteiger partial charge in [-0.2, -0.15) is 0 Å². The van der Waals surface area contributed by atoms with Gasteiger partial charge in [0, 0.05) is 25.2 Å². The Balaban J connectivity index is 0.000000606. The molecule has 3 nitrogen and oxygen atoms in total. The van der Waals surface area contributed by atoms with Crippen LogP contribution in [0.1, 0.15) is 32.3 Å². The maximum atomic E-state index is 12.4. The molecule has 0 atom stereocenters. The normalized spacial score (nSPS) is 18.1. The standard InChI is InChI=1S/C9H10F2N2O.C2H6/c1-6-4-12-8(13-5-6)14-7-2-9(10,11)3-7;1-2/h4-5,7H,2-3H2,1H3;1-2H3. The van der Waals surface area contributed by atoms with Gasteiger partial charge in [-0.1, -0.05) is 13.8 Å². The molecule has 0 radical (unpaired) electrons. The minimum atomic E-state index is -2.56. The summed E-state index contributed by atoms with van der Waals surface area (Å²) in [6.45, 7) is 5.85. The number of rotatable bonds is 2. The molecule has 90 valence electrons. The van der Waals surface area contributed by atoms with Crippen LogP contribution in [0.15, 0.2) is 12.4 Å². The molecule has 1 aromatic heterocycles. The first-order valence-corrected chi connectivity index (χ1v) is 5.38. The molecule has 1 aromatic rings. The maximum absolute atomic E-state index is 12.4. The van der Waals surface area contributed by atoms with Crippen LogP contribution in [0.2, 0.25) is 0 Å². The van der Waals surface area contributed by atoms with Gasteiger partial charge in [0.15, 0.2) is 0 Å². The van der Waals surface area contributed by atoms with Crippen LogP contribution in [-0.4, -0.2) is 22.0 Å². The summed E-state index contributed by atoms with van der Waals surface area (Å²) in [5, 5.41) is 0. The average molecular weight is 230 g/mol. The lowest BCUT2D eigenvalue weighted by Crippen LogP contribution is -2.43. The van der Waals surface area contributed by atoms with E-state index in [1.807, 2.05) is 20.8 Å². The minimum absolute atomic E-state index is 0.177. The van der Waals surface area contributed by atoms with E-state index < -0.39 is 12.0 Å². The van der Waals surface area contributed by atoms with Crippen molar-refractivity contribution in [2.24, 2.45) is 0 Å². The number of nitrogens with zero attached hydrogens (tertiary/aromatic N) is 2. The van der Waals surface area contributed by atoms with Crippen LogP contribution in [0.25, 0.3) is 0 Å². The lowest BCUT2D eigenvalue weighted by atomic mass is 9.91. The van der Waals surface area contributed by atoms with E-state index in [1.54, 1.807) is 12.4 Å². The molecule has 0 aromatic carbocycles. The molecule has 1 fully saturated rings. The molecule has 16 heavy (non-hydrogen) atoms. The molecule has 1 aliphatic carbocycles. The van der Waals surface area contributed by atoms with E-state index in [1.165, 1.54) is 0 Å². The van der Waals surface area contributed by atoms with Crippen molar-refractivity contribution in [1.82, 2.24) is 9.97 Å². The van der Waals surface area contributed by atoms with Gasteiger partial charge in [-0.3, -0.25) is 0 Å². The molecule has 0 unspecified atom stereocenters. The van der Waals surface area contributed by atoms with Crippen molar-refractivity contribution in [3.8, 4) is 6.01 Å². The second-order valence-corrected chi connectivity index (χ2v) is 3.55. The van der Waals surface area contributed by atoms with E-state index in [-0.39, 0.29) is 18.9 Å². The first kappa shape index (κ1) is 12.8. The van der Waals surface area contributed by atoms with E-state index in [0.29, 0.717) is 0 Å². The Bertz CT molecular complexity index is 319. The summed E-state index contributed by atoms with van der Waals surface area (Å²) in [5.74, 6) is -2.56. The van der Waals surface area contributed by atoms with Gasteiger partial charge < -0.3 is 4.74 Å². The van der Waals surface area contributed by atoms with Gasteiger partial charge in [0.25, 0.3) is 5.92 Å². The van der Waals surface area contributed by atoms with Crippen molar-refractivity contribution in [2.45, 2.75) is 45.6 Å². The first-order chi connectivity index (χ1) is 7.55. The van der Waals surface area contributed by atoms with Gasteiger partial charge >= 0.3 is 6.01 Å². The zero-order valence-electron chi connectivity index (χ0n) is 9.70. The van der Waals surface area contributed by atoms with Gasteiger partial charge in [-0.15, -0.1) is 0 Å². The van der Waals surface area contributed by atoms with Crippen LogP contribution >= 0.6 is 0 Å². The minimum Gasteiger partial charge on any atom is -0.460 e. The van der Waals surface area contributed by atoms with E-state index in [2.05, 4.69) is 9.97 Å². The second-order valence-electron chi connectivity index (χ2n) is 3.55. The third-order valence-electron chi connectivity index (χ3n) is 2.08. The molecular formula is C11H16F2N2O. The summed E-state index contributed by atoms with van der Waals surface area (Å²) in [5.41, 5.74) is 0.913. The maximum Gasteiger partial charge on any atom is 0.316 e. The third-order valence-corrected chi connectivity index (χ3v) is 2.08. The smallest absolute Gasteiger partial charge is 0.316 e. The molecule has 1 aliphatic rings. The summed E-state index contributed by atoms with van der Waals surface area (Å²) in [7, 11) is 0. The quantitative estimate of drug-likeness (QED) is 0.783. The Morgan fingerprint density at radius 3 is 2.19 bits per heavy atom. The van der Waals surface area contributed by atoms with Gasteiger partial charge in [-0.05, 0) is 12.5 Å². The Hall–Kier alpha value is -1.26. The Labute approximate surface area is 93.9 Å². The number of aromatic nitrogens is 2. The highest BCUT2D eigenvalue weighted by Crippen LogP contribution is 2.39. The number of aryl methyl sites for hydroxylation is 1. The van der Waals surface area contributed by atoms with E-state index in [0.717, 1.165) is 5.56 Å². The SMILES string of the molecule is CC.Cc1cnc(OC2CC(F)(F)C2)nc1. The topological polar surface area (TPSA) is 35.0 Å². The third kappa shape index (κ3) is 3.40. The zero-order valence-corrected chi connectivity index (χ0v) is 9.70. The number of alkyl halides is 2. The van der Waals surface area contributed by atoms with Crippen molar-refractivity contribution in [3.05, 3.63) is 18.0 Å². The van der Waals surface area contributed by atoms with E-state index >= 15 is 0 Å². The molecule has 5 heteroatoms. The van der Waals surface area contributed by atoms with Crippen LogP contribution in [0.4, 0.5) is 8.78 Å². The summed E-state index contributed by atoms with van der Waals surface area (Å²) in [4.78, 5) is 7.74. The van der Waals surface area contributed by atoms with Gasteiger partial charge in [0.05, 0.1) is 0 Å². The molecule has 2 rings (SSSR count). The summed E-state index contributed by atoms with van der Waals surface area (Å²) in [6.07, 6.45) is 2.29. The fourth-order valence-electron chi connectivity index (χ4n) is 1.28. The second kappa shape index (κ2) is 5.18. The Morgan fingerprint density at radius 1 is 1.25 bits per heavy atom. The summed E-state index contributed by atoms with van der Waals surface area (Å²) >= 11 is 0. The predicted molar refractivity (Wildman–Crippen MR) is 56.7 cm³/mol. The molecule has 0 bridgehead atoms. The Kier molecular flexibility index (Phi) is 4.15. The zero-order chi connectivity index (χ0) is 12.2. The molecule has 0 saturated heterocycles. The molecular weight excluding hydrogens is 214 g/mol.